The summed E-state index contributed by atoms with van der Waals surface area (Å²) in [5.74, 6) is 0. The second-order valence-corrected chi connectivity index (χ2v) is 6.76. The largest absolute Gasteiger partial charge is 0.395 e. The normalized spacial score (nSPS) is 20.8. The number of hydrogen-bond donors (Lipinski definition) is 1. The van der Waals surface area contributed by atoms with Gasteiger partial charge in [-0.05, 0) is 31.9 Å². The molecule has 20 heavy (non-hydrogen) atoms. The van der Waals surface area contributed by atoms with Crippen LogP contribution >= 0.6 is 0 Å². The molecule has 2 rings (SSSR count). The number of benzene rings is 1. The molecule has 1 heterocycles. The van der Waals surface area contributed by atoms with E-state index < -0.39 is 10.2 Å². The average molecular weight is 298 g/mol. The van der Waals surface area contributed by atoms with Gasteiger partial charge in [-0.1, -0.05) is 24.6 Å². The van der Waals surface area contributed by atoms with Gasteiger partial charge in [0.25, 0.3) is 0 Å². The van der Waals surface area contributed by atoms with Crippen molar-refractivity contribution in [3.63, 3.8) is 0 Å². The van der Waals surface area contributed by atoms with Gasteiger partial charge in [-0.2, -0.15) is 12.7 Å². The number of anilines is 1. The van der Waals surface area contributed by atoms with Crippen LogP contribution in [-0.4, -0.2) is 43.6 Å². The summed E-state index contributed by atoms with van der Waals surface area (Å²) in [7, 11) is -3.58. The summed E-state index contributed by atoms with van der Waals surface area (Å²) >= 11 is 0. The Hall–Kier alpha value is -1.11. The van der Waals surface area contributed by atoms with Gasteiger partial charge in [0, 0.05) is 19.1 Å². The van der Waals surface area contributed by atoms with Crippen molar-refractivity contribution in [3.8, 4) is 0 Å². The molecule has 1 atom stereocenters. The molecular weight excluding hydrogens is 276 g/mol. The lowest BCUT2D eigenvalue weighted by atomic mass is 10.1. The highest BCUT2D eigenvalue weighted by Gasteiger charge is 2.35. The van der Waals surface area contributed by atoms with Crippen LogP contribution in [-0.2, 0) is 10.2 Å². The highest BCUT2D eigenvalue weighted by atomic mass is 32.2. The Morgan fingerprint density at radius 3 is 2.60 bits per heavy atom. The molecule has 6 heteroatoms. The monoisotopic (exact) mass is 298 g/mol. The predicted molar refractivity (Wildman–Crippen MR) is 79.8 cm³/mol. The van der Waals surface area contributed by atoms with Gasteiger partial charge in [0.15, 0.2) is 0 Å². The van der Waals surface area contributed by atoms with Crippen LogP contribution in [0.2, 0.25) is 0 Å². The fourth-order valence-corrected chi connectivity index (χ4v) is 4.54. The molecule has 0 aromatic heterocycles. The van der Waals surface area contributed by atoms with Crippen molar-refractivity contribution in [2.75, 3.05) is 24.0 Å². The fraction of sp³-hybridized carbons (Fsp3) is 0.571. The Labute approximate surface area is 121 Å². The number of aliphatic hydroxyl groups is 1. The first-order chi connectivity index (χ1) is 9.61. The van der Waals surface area contributed by atoms with Crippen LogP contribution in [0.3, 0.4) is 0 Å². The van der Waals surface area contributed by atoms with Gasteiger partial charge in [0.05, 0.1) is 12.3 Å². The van der Waals surface area contributed by atoms with Crippen molar-refractivity contribution in [2.45, 2.75) is 32.2 Å². The van der Waals surface area contributed by atoms with Crippen LogP contribution in [0.25, 0.3) is 0 Å². The second kappa shape index (κ2) is 6.56. The molecule has 0 spiro atoms. The maximum absolute atomic E-state index is 12.8. The molecule has 0 radical (unpaired) electrons. The molecule has 0 aliphatic carbocycles. The third-order valence-electron chi connectivity index (χ3n) is 3.69. The molecule has 5 nitrogen and oxygen atoms in total. The van der Waals surface area contributed by atoms with E-state index in [1.54, 1.807) is 12.1 Å². The summed E-state index contributed by atoms with van der Waals surface area (Å²) in [5, 5.41) is 9.43. The molecule has 1 aromatic carbocycles. The SMILES string of the molecule is CCN(c1ccccc1)S(=O)(=O)N1CCCCC1CO. The minimum absolute atomic E-state index is 0.119. The molecule has 0 saturated carbocycles. The van der Waals surface area contributed by atoms with E-state index in [1.165, 1.54) is 8.61 Å². The minimum Gasteiger partial charge on any atom is -0.395 e. The Morgan fingerprint density at radius 2 is 2.00 bits per heavy atom. The number of nitrogens with zero attached hydrogens (tertiary/aromatic N) is 2. The van der Waals surface area contributed by atoms with E-state index in [0.717, 1.165) is 19.3 Å². The van der Waals surface area contributed by atoms with E-state index in [1.807, 2.05) is 25.1 Å². The molecule has 1 unspecified atom stereocenters. The molecule has 1 N–H and O–H groups in total. The number of aliphatic hydroxyl groups excluding tert-OH is 1. The van der Waals surface area contributed by atoms with Crippen molar-refractivity contribution in [1.82, 2.24) is 4.31 Å². The van der Waals surface area contributed by atoms with Gasteiger partial charge in [0.1, 0.15) is 0 Å². The zero-order chi connectivity index (χ0) is 14.6. The van der Waals surface area contributed by atoms with Gasteiger partial charge in [0.2, 0.25) is 0 Å². The van der Waals surface area contributed by atoms with Gasteiger partial charge in [-0.15, -0.1) is 0 Å². The number of rotatable bonds is 5. The van der Waals surface area contributed by atoms with E-state index in [4.69, 9.17) is 0 Å². The van der Waals surface area contributed by atoms with Crippen LogP contribution in [0, 0.1) is 0 Å². The number of hydrogen-bond acceptors (Lipinski definition) is 3. The predicted octanol–water partition coefficient (Wildman–Crippen LogP) is 1.60. The lowest BCUT2D eigenvalue weighted by Gasteiger charge is -2.37. The highest BCUT2D eigenvalue weighted by Crippen LogP contribution is 2.26. The Bertz CT molecular complexity index is 518. The van der Waals surface area contributed by atoms with Crippen molar-refractivity contribution < 1.29 is 13.5 Å². The smallest absolute Gasteiger partial charge is 0.304 e. The molecule has 1 aromatic rings. The molecule has 1 aliphatic heterocycles. The van der Waals surface area contributed by atoms with E-state index in [9.17, 15) is 13.5 Å². The molecule has 1 fully saturated rings. The van der Waals surface area contributed by atoms with Crippen molar-refractivity contribution in [3.05, 3.63) is 30.3 Å². The minimum atomic E-state index is -3.58. The molecule has 1 saturated heterocycles. The fourth-order valence-electron chi connectivity index (χ4n) is 2.66. The van der Waals surface area contributed by atoms with E-state index in [0.29, 0.717) is 18.8 Å². The Kier molecular flexibility index (Phi) is 5.01. The lowest BCUT2D eigenvalue weighted by molar-refractivity contribution is 0.155. The van der Waals surface area contributed by atoms with Gasteiger partial charge >= 0.3 is 10.2 Å². The van der Waals surface area contributed by atoms with Crippen LogP contribution in [0.5, 0.6) is 0 Å². The van der Waals surface area contributed by atoms with Crippen LogP contribution in [0.4, 0.5) is 5.69 Å². The van der Waals surface area contributed by atoms with Crippen molar-refractivity contribution >= 4 is 15.9 Å². The van der Waals surface area contributed by atoms with E-state index >= 15 is 0 Å². The molecule has 0 bridgehead atoms. The first-order valence-corrected chi connectivity index (χ1v) is 8.46. The van der Waals surface area contributed by atoms with E-state index in [2.05, 4.69) is 0 Å². The zero-order valence-corrected chi connectivity index (χ0v) is 12.6. The van der Waals surface area contributed by atoms with Gasteiger partial charge in [-0.3, -0.25) is 4.31 Å². The number of para-hydroxylation sites is 1. The van der Waals surface area contributed by atoms with Crippen LogP contribution < -0.4 is 4.31 Å². The average Bonchev–Trinajstić information content (AvgIpc) is 2.48. The summed E-state index contributed by atoms with van der Waals surface area (Å²) in [5.41, 5.74) is 0.664. The maximum Gasteiger partial charge on any atom is 0.304 e. The maximum atomic E-state index is 12.8. The van der Waals surface area contributed by atoms with Crippen molar-refractivity contribution in [2.24, 2.45) is 0 Å². The van der Waals surface area contributed by atoms with Crippen molar-refractivity contribution in [1.29, 1.82) is 0 Å². The zero-order valence-electron chi connectivity index (χ0n) is 11.8. The Morgan fingerprint density at radius 1 is 1.30 bits per heavy atom. The summed E-state index contributed by atoms with van der Waals surface area (Å²) < 4.78 is 28.5. The molecular formula is C14H22N2O3S. The molecule has 0 amide bonds. The van der Waals surface area contributed by atoms with Crippen LogP contribution in [0.1, 0.15) is 26.2 Å². The summed E-state index contributed by atoms with van der Waals surface area (Å²) in [6.45, 7) is 2.56. The molecule has 112 valence electrons. The molecule has 1 aliphatic rings. The topological polar surface area (TPSA) is 60.9 Å². The second-order valence-electron chi connectivity index (χ2n) is 4.95. The summed E-state index contributed by atoms with van der Waals surface area (Å²) in [4.78, 5) is 0. The lowest BCUT2D eigenvalue weighted by Crippen LogP contribution is -2.52. The first-order valence-electron chi connectivity index (χ1n) is 7.06. The summed E-state index contributed by atoms with van der Waals surface area (Å²) in [6.07, 6.45) is 2.54. The number of piperidine rings is 1. The quantitative estimate of drug-likeness (QED) is 0.898. The van der Waals surface area contributed by atoms with E-state index in [-0.39, 0.29) is 12.6 Å². The highest BCUT2D eigenvalue weighted by molar-refractivity contribution is 7.90. The van der Waals surface area contributed by atoms with Crippen LogP contribution in [0.15, 0.2) is 30.3 Å². The third kappa shape index (κ3) is 2.97. The van der Waals surface area contributed by atoms with Gasteiger partial charge < -0.3 is 5.11 Å². The summed E-state index contributed by atoms with van der Waals surface area (Å²) in [6, 6.07) is 8.80. The Balaban J connectivity index is 2.31. The first kappa shape index (κ1) is 15.3. The third-order valence-corrected chi connectivity index (χ3v) is 5.79. The standard InChI is InChI=1S/C14H22N2O3S/c1-2-15(13-8-4-3-5-9-13)20(18,19)16-11-7-6-10-14(16)12-17/h3-5,8-9,14,17H,2,6-7,10-12H2,1H3. The van der Waals surface area contributed by atoms with Gasteiger partial charge in [-0.25, -0.2) is 0 Å².